The number of nitrogens with two attached hydrogens (primary N) is 1. The van der Waals surface area contributed by atoms with E-state index in [-0.39, 0.29) is 17.9 Å². The molecule has 0 radical (unpaired) electrons. The lowest BCUT2D eigenvalue weighted by molar-refractivity contribution is -0.619. The molecule has 0 fully saturated rings. The van der Waals surface area contributed by atoms with E-state index in [9.17, 15) is 0 Å². The number of nitrogens with zero attached hydrogens (tertiary/aromatic N) is 3. The second kappa shape index (κ2) is 8.98. The maximum Gasteiger partial charge on any atom is 0.251 e. The molecule has 3 rings (SSSR count). The molecule has 1 aliphatic heterocycles. The second-order valence-corrected chi connectivity index (χ2v) is 7.56. The third kappa shape index (κ3) is 5.52. The van der Waals surface area contributed by atoms with Crippen LogP contribution in [0.4, 0.5) is 5.69 Å². The van der Waals surface area contributed by atoms with Crippen molar-refractivity contribution in [2.45, 2.75) is 25.8 Å². The molecule has 4 nitrogen and oxygen atoms in total. The fourth-order valence-electron chi connectivity index (χ4n) is 3.17. The van der Waals surface area contributed by atoms with Crippen LogP contribution in [-0.4, -0.2) is 31.7 Å². The van der Waals surface area contributed by atoms with Crippen molar-refractivity contribution in [2.75, 3.05) is 19.0 Å². The monoisotopic (exact) mass is 382 g/mol. The van der Waals surface area contributed by atoms with Crippen molar-refractivity contribution in [3.05, 3.63) is 71.3 Å². The smallest absolute Gasteiger partial charge is 0.251 e. The van der Waals surface area contributed by atoms with Gasteiger partial charge in [0, 0.05) is 32.4 Å². The zero-order chi connectivity index (χ0) is 18.6. The molecule has 2 N–H and O–H groups in total. The summed E-state index contributed by atoms with van der Waals surface area (Å²) in [4.78, 5) is 2.09. The average molecular weight is 383 g/mol. The number of allylic oxidation sites excluding steroid dienone is 1. The first-order chi connectivity index (χ1) is 12.4. The summed E-state index contributed by atoms with van der Waals surface area (Å²) in [5, 5.41) is 10.9. The zero-order valence-electron chi connectivity index (χ0n) is 16.4. The average Bonchev–Trinajstić information content (AvgIpc) is 2.60. The third-order valence-corrected chi connectivity index (χ3v) is 4.48. The first kappa shape index (κ1) is 20.9. The topological polar surface area (TPSA) is 44.6 Å². The largest absolute Gasteiger partial charge is 1.00 e. The molecule has 1 aliphatic rings. The molecule has 2 aromatic carbocycles. The van der Waals surface area contributed by atoms with Gasteiger partial charge < -0.3 is 17.3 Å². The molecule has 0 bridgehead atoms. The highest BCUT2D eigenvalue weighted by molar-refractivity contribution is 5.94. The van der Waals surface area contributed by atoms with Gasteiger partial charge in [0.05, 0.1) is 5.56 Å². The molecule has 27 heavy (non-hydrogen) atoms. The Hall–Kier alpha value is -2.43. The van der Waals surface area contributed by atoms with Crippen molar-refractivity contribution in [1.29, 1.82) is 0 Å². The third-order valence-electron chi connectivity index (χ3n) is 4.48. The highest BCUT2D eigenvalue weighted by Gasteiger charge is 2.33. The van der Waals surface area contributed by atoms with Gasteiger partial charge in [-0.25, -0.2) is 0 Å². The van der Waals surface area contributed by atoms with Gasteiger partial charge in [0.25, 0.3) is 5.84 Å². The van der Waals surface area contributed by atoms with Gasteiger partial charge in [-0.3, -0.25) is 5.32 Å². The van der Waals surface area contributed by atoms with Gasteiger partial charge in [0.2, 0.25) is 0 Å². The van der Waals surface area contributed by atoms with E-state index >= 15 is 0 Å². The van der Waals surface area contributed by atoms with Gasteiger partial charge in [-0.1, -0.05) is 41.5 Å². The predicted molar refractivity (Wildman–Crippen MR) is 111 cm³/mol. The van der Waals surface area contributed by atoms with Crippen LogP contribution in [0.2, 0.25) is 0 Å². The minimum Gasteiger partial charge on any atom is -1.00 e. The molecule has 0 atom stereocenters. The molecule has 2 aromatic rings. The Morgan fingerprint density at radius 1 is 1.04 bits per heavy atom. The first-order valence-electron chi connectivity index (χ1n) is 8.94. The lowest BCUT2D eigenvalue weighted by Gasteiger charge is -2.29. The number of amidine groups is 1. The Morgan fingerprint density at radius 3 is 2.44 bits per heavy atom. The van der Waals surface area contributed by atoms with Crippen molar-refractivity contribution >= 4 is 23.8 Å². The Morgan fingerprint density at radius 2 is 1.74 bits per heavy atom. The van der Waals surface area contributed by atoms with Crippen molar-refractivity contribution < 1.29 is 17.7 Å². The van der Waals surface area contributed by atoms with E-state index in [0.717, 1.165) is 17.8 Å². The van der Waals surface area contributed by atoms with E-state index in [1.165, 1.54) is 16.8 Å². The summed E-state index contributed by atoms with van der Waals surface area (Å²) < 4.78 is 0. The molecule has 0 spiro atoms. The number of quaternary nitrogens is 1. The van der Waals surface area contributed by atoms with E-state index in [0.29, 0.717) is 0 Å². The molecule has 142 valence electrons. The maximum absolute atomic E-state index is 4.46. The van der Waals surface area contributed by atoms with Crippen molar-refractivity contribution in [3.8, 4) is 0 Å². The Labute approximate surface area is 168 Å². The number of benzene rings is 2. The van der Waals surface area contributed by atoms with Crippen molar-refractivity contribution in [2.24, 2.45) is 10.2 Å². The van der Waals surface area contributed by atoms with Crippen LogP contribution < -0.4 is 22.6 Å². The number of rotatable bonds is 4. The fourth-order valence-corrected chi connectivity index (χ4v) is 3.17. The number of halogens is 1. The lowest BCUT2D eigenvalue weighted by atomic mass is 9.87. The highest BCUT2D eigenvalue weighted by atomic mass is 35.5. The second-order valence-electron chi connectivity index (χ2n) is 7.56. The summed E-state index contributed by atoms with van der Waals surface area (Å²) in [6, 6.07) is 16.9. The fraction of sp³-hybridized carbons (Fsp3) is 0.273. The summed E-state index contributed by atoms with van der Waals surface area (Å²) in [5.74, 6) is 0.955. The predicted octanol–water partition coefficient (Wildman–Crippen LogP) is 0.101. The number of hydrogen-bond donors (Lipinski definition) is 1. The minimum atomic E-state index is 0. The normalized spacial score (nSPS) is 17.1. The van der Waals surface area contributed by atoms with E-state index in [1.807, 2.05) is 26.2 Å². The molecular weight excluding hydrogens is 356 g/mol. The van der Waals surface area contributed by atoms with Gasteiger partial charge in [0.15, 0.2) is 0 Å². The number of fused-ring (bicyclic) bond motifs is 1. The molecule has 0 saturated heterocycles. The summed E-state index contributed by atoms with van der Waals surface area (Å²) in [5.41, 5.74) is 4.96. The van der Waals surface area contributed by atoms with E-state index in [1.54, 1.807) is 6.21 Å². The van der Waals surface area contributed by atoms with Gasteiger partial charge in [-0.2, -0.15) is 5.10 Å². The Bertz CT molecular complexity index is 849. The van der Waals surface area contributed by atoms with Gasteiger partial charge in [0.1, 0.15) is 5.54 Å². The molecule has 0 amide bonds. The molecule has 0 aliphatic carbocycles. The van der Waals surface area contributed by atoms with Crippen LogP contribution in [-0.2, 0) is 6.42 Å². The van der Waals surface area contributed by atoms with Crippen LogP contribution in [0.5, 0.6) is 0 Å². The van der Waals surface area contributed by atoms with Crippen LogP contribution in [0, 0.1) is 0 Å². The van der Waals surface area contributed by atoms with Crippen molar-refractivity contribution in [1.82, 2.24) is 0 Å². The Balaban J connectivity index is 0.00000261. The molecule has 0 saturated carbocycles. The zero-order valence-corrected chi connectivity index (χ0v) is 17.1. The minimum absolute atomic E-state index is 0. The van der Waals surface area contributed by atoms with Crippen LogP contribution in [0.3, 0.4) is 0 Å². The van der Waals surface area contributed by atoms with Gasteiger partial charge >= 0.3 is 0 Å². The standard InChI is InChI=1S/C22H26N4.ClH/c1-22(2)16-18-9-5-6-10-20(18)21(24-22)25-23-15-7-8-17-11-13-19(14-12-17)26(3)4;/h5-15H,16H2,1-4H3,(H,24,25);1H/b8-7+,23-15+;. The number of anilines is 1. The Kier molecular flexibility index (Phi) is 6.94. The van der Waals surface area contributed by atoms with E-state index < -0.39 is 0 Å². The summed E-state index contributed by atoms with van der Waals surface area (Å²) in [6.45, 7) is 4.47. The molecular formula is C22H27ClN4. The van der Waals surface area contributed by atoms with Crippen LogP contribution in [0.25, 0.3) is 6.08 Å². The SMILES string of the molecule is CN(C)c1ccc(/C=C/C=N/N=C2\[NH2+]C(C)(C)Cc3ccccc32)cc1.[Cl-]. The molecule has 0 aromatic heterocycles. The summed E-state index contributed by atoms with van der Waals surface area (Å²) in [7, 11) is 4.08. The summed E-state index contributed by atoms with van der Waals surface area (Å²) in [6.07, 6.45) is 6.74. The molecule has 5 heteroatoms. The first-order valence-corrected chi connectivity index (χ1v) is 8.94. The van der Waals surface area contributed by atoms with Crippen LogP contribution in [0.15, 0.2) is 64.8 Å². The van der Waals surface area contributed by atoms with Crippen molar-refractivity contribution in [3.63, 3.8) is 0 Å². The quantitative estimate of drug-likeness (QED) is 0.591. The van der Waals surface area contributed by atoms with Crippen LogP contribution >= 0.6 is 0 Å². The molecule has 1 heterocycles. The molecule has 0 unspecified atom stereocenters. The van der Waals surface area contributed by atoms with E-state index in [4.69, 9.17) is 0 Å². The van der Waals surface area contributed by atoms with Gasteiger partial charge in [-0.15, -0.1) is 0 Å². The maximum atomic E-state index is 4.46. The lowest BCUT2D eigenvalue weighted by Crippen LogP contribution is -3.00. The van der Waals surface area contributed by atoms with E-state index in [2.05, 4.69) is 82.8 Å². The highest BCUT2D eigenvalue weighted by Crippen LogP contribution is 2.18. The number of hydrogen-bond acceptors (Lipinski definition) is 3. The van der Waals surface area contributed by atoms with Crippen LogP contribution in [0.1, 0.15) is 30.5 Å². The summed E-state index contributed by atoms with van der Waals surface area (Å²) >= 11 is 0. The van der Waals surface area contributed by atoms with Gasteiger partial charge in [-0.05, 0) is 49.2 Å².